The lowest BCUT2D eigenvalue weighted by atomic mass is 10.1. The molecule has 108 valence electrons. The van der Waals surface area contributed by atoms with Crippen molar-refractivity contribution in [3.8, 4) is 5.75 Å². The molecule has 1 aromatic carbocycles. The van der Waals surface area contributed by atoms with E-state index in [0.29, 0.717) is 31.8 Å². The fourth-order valence-electron chi connectivity index (χ4n) is 2.23. The van der Waals surface area contributed by atoms with Gasteiger partial charge in [0.1, 0.15) is 12.2 Å². The van der Waals surface area contributed by atoms with Gasteiger partial charge in [-0.05, 0) is 31.5 Å². The number of hydrogen-bond acceptors (Lipinski definition) is 4. The summed E-state index contributed by atoms with van der Waals surface area (Å²) in [5, 5.41) is 9.14. The maximum atomic E-state index is 12.2. The zero-order valence-electron chi connectivity index (χ0n) is 11.2. The third-order valence-electron chi connectivity index (χ3n) is 3.22. The molecule has 0 aliphatic carbocycles. The number of unbranched alkanes of at least 4 members (excludes halogenated alkanes) is 1. The van der Waals surface area contributed by atoms with Gasteiger partial charge in [-0.3, -0.25) is 4.79 Å². The van der Waals surface area contributed by atoms with E-state index >= 15 is 0 Å². The molecule has 3 N–H and O–H groups in total. The van der Waals surface area contributed by atoms with E-state index in [9.17, 15) is 9.59 Å². The average molecular weight is 278 g/mol. The topological polar surface area (TPSA) is 92.9 Å². The van der Waals surface area contributed by atoms with Crippen LogP contribution in [0.3, 0.4) is 0 Å². The molecule has 0 bridgehead atoms. The Hall–Kier alpha value is -2.08. The number of fused-ring (bicyclic) bond motifs is 1. The molecule has 1 amide bonds. The first-order chi connectivity index (χ1) is 9.65. The molecule has 0 atom stereocenters. The van der Waals surface area contributed by atoms with Crippen molar-refractivity contribution in [1.29, 1.82) is 0 Å². The van der Waals surface area contributed by atoms with Crippen molar-refractivity contribution in [3.05, 3.63) is 23.8 Å². The minimum absolute atomic E-state index is 0.0226. The Labute approximate surface area is 117 Å². The predicted molar refractivity (Wildman–Crippen MR) is 74.2 cm³/mol. The maximum Gasteiger partial charge on any atom is 0.339 e. The highest BCUT2D eigenvalue weighted by Crippen LogP contribution is 2.35. The highest BCUT2D eigenvalue weighted by Gasteiger charge is 2.26. The Morgan fingerprint density at radius 1 is 1.35 bits per heavy atom. The smallest absolute Gasteiger partial charge is 0.339 e. The van der Waals surface area contributed by atoms with E-state index < -0.39 is 5.97 Å². The van der Waals surface area contributed by atoms with Gasteiger partial charge in [0.2, 0.25) is 5.91 Å². The number of anilines is 1. The van der Waals surface area contributed by atoms with Crippen LogP contribution < -0.4 is 15.4 Å². The van der Waals surface area contributed by atoms with E-state index in [0.717, 1.165) is 12.8 Å². The Morgan fingerprint density at radius 3 is 2.85 bits per heavy atom. The molecule has 1 heterocycles. The van der Waals surface area contributed by atoms with Gasteiger partial charge >= 0.3 is 5.97 Å². The van der Waals surface area contributed by atoms with Crippen LogP contribution in [-0.4, -0.2) is 36.7 Å². The molecule has 6 heteroatoms. The molecule has 0 radical (unpaired) electrons. The number of carboxylic acids is 1. The third kappa shape index (κ3) is 2.91. The molecule has 1 aliphatic rings. The number of rotatable bonds is 5. The van der Waals surface area contributed by atoms with Crippen molar-refractivity contribution in [1.82, 2.24) is 0 Å². The lowest BCUT2D eigenvalue weighted by Gasteiger charge is -2.30. The van der Waals surface area contributed by atoms with Crippen LogP contribution in [0.1, 0.15) is 29.6 Å². The van der Waals surface area contributed by atoms with Crippen LogP contribution >= 0.6 is 0 Å². The van der Waals surface area contributed by atoms with Crippen molar-refractivity contribution >= 4 is 17.6 Å². The van der Waals surface area contributed by atoms with E-state index in [1.165, 1.54) is 6.07 Å². The molecule has 0 saturated carbocycles. The lowest BCUT2D eigenvalue weighted by molar-refractivity contribution is -0.119. The van der Waals surface area contributed by atoms with Crippen LogP contribution in [0, 0.1) is 0 Å². The molecule has 0 saturated heterocycles. The highest BCUT2D eigenvalue weighted by molar-refractivity contribution is 5.99. The average Bonchev–Trinajstić information content (AvgIpc) is 2.46. The normalized spacial score (nSPS) is 13.6. The van der Waals surface area contributed by atoms with Crippen molar-refractivity contribution < 1.29 is 19.4 Å². The summed E-state index contributed by atoms with van der Waals surface area (Å²) in [7, 11) is 0. The zero-order chi connectivity index (χ0) is 14.5. The number of benzene rings is 1. The minimum atomic E-state index is -1.06. The van der Waals surface area contributed by atoms with Gasteiger partial charge in [0.05, 0.1) is 12.2 Å². The summed E-state index contributed by atoms with van der Waals surface area (Å²) in [5.74, 6) is -0.803. The molecule has 2 rings (SSSR count). The molecule has 0 fully saturated rings. The van der Waals surface area contributed by atoms with Gasteiger partial charge in [0.25, 0.3) is 0 Å². The number of hydrogen-bond donors (Lipinski definition) is 2. The molecule has 20 heavy (non-hydrogen) atoms. The third-order valence-corrected chi connectivity index (χ3v) is 3.22. The van der Waals surface area contributed by atoms with Gasteiger partial charge in [-0.15, -0.1) is 0 Å². The molecule has 0 aromatic heterocycles. The summed E-state index contributed by atoms with van der Waals surface area (Å²) in [5.41, 5.74) is 6.03. The number of carbonyl (C=O) groups excluding carboxylic acids is 1. The molecular weight excluding hydrogens is 260 g/mol. The van der Waals surface area contributed by atoms with Gasteiger partial charge in [-0.25, -0.2) is 4.79 Å². The first-order valence-corrected chi connectivity index (χ1v) is 6.64. The van der Waals surface area contributed by atoms with Crippen LogP contribution in [0.4, 0.5) is 5.69 Å². The summed E-state index contributed by atoms with van der Waals surface area (Å²) in [4.78, 5) is 25.0. The van der Waals surface area contributed by atoms with E-state index in [-0.39, 0.29) is 17.2 Å². The van der Waals surface area contributed by atoms with Crippen molar-refractivity contribution in [2.24, 2.45) is 5.73 Å². The van der Waals surface area contributed by atoms with E-state index in [4.69, 9.17) is 15.6 Å². The largest absolute Gasteiger partial charge is 0.489 e. The number of aromatic carboxylic acids is 1. The second-order valence-electron chi connectivity index (χ2n) is 4.60. The van der Waals surface area contributed by atoms with Gasteiger partial charge in [-0.1, -0.05) is 6.07 Å². The van der Waals surface area contributed by atoms with E-state index in [1.54, 1.807) is 17.0 Å². The van der Waals surface area contributed by atoms with Crippen LogP contribution in [0.15, 0.2) is 18.2 Å². The van der Waals surface area contributed by atoms with Crippen LogP contribution in [0.2, 0.25) is 0 Å². The molecule has 6 nitrogen and oxygen atoms in total. The monoisotopic (exact) mass is 278 g/mol. The Balaban J connectivity index is 2.22. The Morgan fingerprint density at radius 2 is 2.15 bits per heavy atom. The number of carbonyl (C=O) groups is 2. The Bertz CT molecular complexity index is 516. The first kappa shape index (κ1) is 14.3. The molecule has 0 unspecified atom stereocenters. The second kappa shape index (κ2) is 6.38. The maximum absolute atomic E-state index is 12.2. The number of amides is 1. The van der Waals surface area contributed by atoms with E-state index in [2.05, 4.69) is 0 Å². The zero-order valence-corrected chi connectivity index (χ0v) is 11.2. The highest BCUT2D eigenvalue weighted by atomic mass is 16.5. The van der Waals surface area contributed by atoms with Crippen molar-refractivity contribution in [3.63, 3.8) is 0 Å². The van der Waals surface area contributed by atoms with Gasteiger partial charge in [-0.2, -0.15) is 0 Å². The lowest BCUT2D eigenvalue weighted by Crippen LogP contribution is -2.38. The van der Waals surface area contributed by atoms with Crippen LogP contribution in [-0.2, 0) is 4.79 Å². The summed E-state index contributed by atoms with van der Waals surface area (Å²) >= 11 is 0. The number of para-hydroxylation sites is 1. The van der Waals surface area contributed by atoms with Gasteiger partial charge in [0, 0.05) is 6.42 Å². The second-order valence-corrected chi connectivity index (χ2v) is 4.60. The number of carboxylic acid groups (broad SMARTS) is 1. The van der Waals surface area contributed by atoms with Crippen LogP contribution in [0.25, 0.3) is 0 Å². The summed E-state index contributed by atoms with van der Waals surface area (Å²) in [6, 6.07) is 4.81. The summed E-state index contributed by atoms with van der Waals surface area (Å²) in [6.45, 7) is 1.31. The molecule has 1 aliphatic heterocycles. The van der Waals surface area contributed by atoms with Crippen LogP contribution in [0.5, 0.6) is 5.75 Å². The molecule has 0 spiro atoms. The number of nitrogens with zero attached hydrogens (tertiary/aromatic N) is 1. The van der Waals surface area contributed by atoms with E-state index in [1.807, 2.05) is 0 Å². The van der Waals surface area contributed by atoms with Gasteiger partial charge in [0.15, 0.2) is 5.75 Å². The predicted octanol–water partition coefficient (Wildman–Crippen LogP) is 1.24. The first-order valence-electron chi connectivity index (χ1n) is 6.64. The minimum Gasteiger partial charge on any atom is -0.489 e. The Kier molecular flexibility index (Phi) is 4.57. The number of ether oxygens (including phenoxy) is 1. The SMILES string of the molecule is NCCCCC(=O)N1CCOc2c(C(=O)O)cccc21. The summed E-state index contributed by atoms with van der Waals surface area (Å²) < 4.78 is 5.43. The fourth-order valence-corrected chi connectivity index (χ4v) is 2.23. The van der Waals surface area contributed by atoms with Gasteiger partial charge < -0.3 is 20.5 Å². The standard InChI is InChI=1S/C14H18N2O4/c15-7-2-1-6-12(17)16-8-9-20-13-10(14(18)19)4-3-5-11(13)16/h3-5H,1-2,6-9,15H2,(H,18,19). The van der Waals surface area contributed by atoms with Crippen molar-refractivity contribution in [2.45, 2.75) is 19.3 Å². The fraction of sp³-hybridized carbons (Fsp3) is 0.429. The molecule has 1 aromatic rings. The summed E-state index contributed by atoms with van der Waals surface area (Å²) in [6.07, 6.45) is 1.95. The quantitative estimate of drug-likeness (QED) is 0.790. The van der Waals surface area contributed by atoms with Crippen molar-refractivity contribution in [2.75, 3.05) is 24.6 Å². The molecular formula is C14H18N2O4. The number of nitrogens with two attached hydrogens (primary N) is 1.